The summed E-state index contributed by atoms with van der Waals surface area (Å²) in [6, 6.07) is 6.27. The largest absolute Gasteiger partial charge is 0.340 e. The molecule has 0 spiro atoms. The summed E-state index contributed by atoms with van der Waals surface area (Å²) < 4.78 is 14.6. The van der Waals surface area contributed by atoms with E-state index in [1.54, 1.807) is 11.0 Å². The van der Waals surface area contributed by atoms with Crippen LogP contribution in [0, 0.1) is 5.82 Å². The van der Waals surface area contributed by atoms with E-state index in [0.29, 0.717) is 6.54 Å². The first kappa shape index (κ1) is 16.6. The summed E-state index contributed by atoms with van der Waals surface area (Å²) in [6.45, 7) is 5.81. The molecule has 1 aromatic heterocycles. The summed E-state index contributed by atoms with van der Waals surface area (Å²) in [4.78, 5) is 20.7. The summed E-state index contributed by atoms with van der Waals surface area (Å²) in [5.41, 5.74) is 1.09. The molecule has 1 aromatic carbocycles. The normalized spacial score (nSPS) is 17.5. The van der Waals surface area contributed by atoms with Gasteiger partial charge in [0.15, 0.2) is 0 Å². The van der Waals surface area contributed by atoms with Gasteiger partial charge in [0, 0.05) is 32.7 Å². The molecule has 2 aromatic rings. The number of benzene rings is 1. The number of rotatable bonds is 4. The second-order valence-electron chi connectivity index (χ2n) is 6.13. The van der Waals surface area contributed by atoms with Crippen molar-refractivity contribution in [1.29, 1.82) is 0 Å². The van der Waals surface area contributed by atoms with E-state index in [-0.39, 0.29) is 17.8 Å². The van der Waals surface area contributed by atoms with Crippen molar-refractivity contribution < 1.29 is 9.18 Å². The standard InChI is InChI=1S/C17H22FN5O/c1-14(23-13-19-12-20-23)17(24)22-8-2-7-21(9-10-22)11-15-3-5-16(18)6-4-15/h3-6,12-14H,2,7-11H2,1H3/t14-/m1/s1. The fourth-order valence-electron chi connectivity index (χ4n) is 2.99. The first-order chi connectivity index (χ1) is 11.6. The molecule has 7 heteroatoms. The average molecular weight is 331 g/mol. The molecule has 0 saturated carbocycles. The fourth-order valence-corrected chi connectivity index (χ4v) is 2.99. The molecule has 128 valence electrons. The summed E-state index contributed by atoms with van der Waals surface area (Å²) in [5, 5.41) is 4.05. The van der Waals surface area contributed by atoms with E-state index in [4.69, 9.17) is 0 Å². The number of amides is 1. The first-order valence-electron chi connectivity index (χ1n) is 8.23. The van der Waals surface area contributed by atoms with Gasteiger partial charge in [-0.1, -0.05) is 12.1 Å². The zero-order valence-corrected chi connectivity index (χ0v) is 13.8. The van der Waals surface area contributed by atoms with Gasteiger partial charge in [0.05, 0.1) is 0 Å². The van der Waals surface area contributed by atoms with E-state index in [0.717, 1.165) is 38.2 Å². The smallest absolute Gasteiger partial charge is 0.247 e. The van der Waals surface area contributed by atoms with Gasteiger partial charge in [-0.05, 0) is 31.0 Å². The van der Waals surface area contributed by atoms with E-state index in [1.807, 2.05) is 24.0 Å². The summed E-state index contributed by atoms with van der Waals surface area (Å²) in [6.07, 6.45) is 3.94. The molecule has 2 heterocycles. The van der Waals surface area contributed by atoms with E-state index in [9.17, 15) is 9.18 Å². The van der Waals surface area contributed by atoms with Gasteiger partial charge >= 0.3 is 0 Å². The van der Waals surface area contributed by atoms with Crippen LogP contribution in [-0.2, 0) is 11.3 Å². The van der Waals surface area contributed by atoms with Crippen molar-refractivity contribution in [2.45, 2.75) is 25.9 Å². The predicted octanol–water partition coefficient (Wildman–Crippen LogP) is 1.71. The number of hydrogen-bond donors (Lipinski definition) is 0. The Morgan fingerprint density at radius 3 is 2.71 bits per heavy atom. The van der Waals surface area contributed by atoms with Crippen molar-refractivity contribution in [2.75, 3.05) is 26.2 Å². The quantitative estimate of drug-likeness (QED) is 0.856. The fraction of sp³-hybridized carbons (Fsp3) is 0.471. The lowest BCUT2D eigenvalue weighted by molar-refractivity contribution is -0.134. The molecule has 0 radical (unpaired) electrons. The van der Waals surface area contributed by atoms with E-state index in [1.165, 1.54) is 18.5 Å². The Bertz CT molecular complexity index is 658. The minimum absolute atomic E-state index is 0.0733. The van der Waals surface area contributed by atoms with Crippen LogP contribution in [0.2, 0.25) is 0 Å². The Labute approximate surface area is 140 Å². The van der Waals surface area contributed by atoms with Gasteiger partial charge in [0.1, 0.15) is 24.5 Å². The van der Waals surface area contributed by atoms with Crippen molar-refractivity contribution in [1.82, 2.24) is 24.6 Å². The van der Waals surface area contributed by atoms with Gasteiger partial charge in [-0.2, -0.15) is 5.10 Å². The van der Waals surface area contributed by atoms with Crippen LogP contribution in [0.15, 0.2) is 36.9 Å². The number of halogens is 1. The van der Waals surface area contributed by atoms with Crippen LogP contribution in [0.1, 0.15) is 24.9 Å². The van der Waals surface area contributed by atoms with E-state index in [2.05, 4.69) is 15.0 Å². The Hall–Kier alpha value is -2.28. The minimum atomic E-state index is -0.337. The highest BCUT2D eigenvalue weighted by atomic mass is 19.1. The highest BCUT2D eigenvalue weighted by molar-refractivity contribution is 5.80. The van der Waals surface area contributed by atoms with Gasteiger partial charge in [-0.25, -0.2) is 14.1 Å². The summed E-state index contributed by atoms with van der Waals surface area (Å²) in [5.74, 6) is -0.141. The molecule has 1 aliphatic rings. The highest BCUT2D eigenvalue weighted by Crippen LogP contribution is 2.13. The Kier molecular flexibility index (Phi) is 5.20. The number of carbonyl (C=O) groups excluding carboxylic acids is 1. The van der Waals surface area contributed by atoms with Crippen molar-refractivity contribution in [3.05, 3.63) is 48.3 Å². The maximum atomic E-state index is 13.0. The van der Waals surface area contributed by atoms with E-state index >= 15 is 0 Å². The van der Waals surface area contributed by atoms with Gasteiger partial charge < -0.3 is 4.90 Å². The Morgan fingerprint density at radius 2 is 2.00 bits per heavy atom. The minimum Gasteiger partial charge on any atom is -0.340 e. The lowest BCUT2D eigenvalue weighted by Gasteiger charge is -2.24. The van der Waals surface area contributed by atoms with Gasteiger partial charge in [0.25, 0.3) is 0 Å². The Morgan fingerprint density at radius 1 is 1.21 bits per heavy atom. The zero-order chi connectivity index (χ0) is 16.9. The zero-order valence-electron chi connectivity index (χ0n) is 13.8. The van der Waals surface area contributed by atoms with Crippen molar-refractivity contribution in [3.63, 3.8) is 0 Å². The molecule has 6 nitrogen and oxygen atoms in total. The molecule has 1 atom stereocenters. The molecule has 0 bridgehead atoms. The molecule has 1 saturated heterocycles. The SMILES string of the molecule is C[C@H](C(=O)N1CCCN(Cc2ccc(F)cc2)CC1)n1cncn1. The molecule has 0 aliphatic carbocycles. The van der Waals surface area contributed by atoms with Gasteiger partial charge in [-0.15, -0.1) is 0 Å². The number of hydrogen-bond acceptors (Lipinski definition) is 4. The van der Waals surface area contributed by atoms with Crippen LogP contribution in [0.3, 0.4) is 0 Å². The van der Waals surface area contributed by atoms with Gasteiger partial charge in [0.2, 0.25) is 5.91 Å². The molecular formula is C17H22FN5O. The molecule has 0 unspecified atom stereocenters. The van der Waals surface area contributed by atoms with Crippen LogP contribution in [-0.4, -0.2) is 56.7 Å². The molecule has 1 aliphatic heterocycles. The third kappa shape index (κ3) is 3.97. The van der Waals surface area contributed by atoms with Crippen molar-refractivity contribution >= 4 is 5.91 Å². The lowest BCUT2D eigenvalue weighted by Crippen LogP contribution is -2.39. The third-order valence-electron chi connectivity index (χ3n) is 4.41. The van der Waals surface area contributed by atoms with Crippen LogP contribution in [0.25, 0.3) is 0 Å². The molecule has 1 amide bonds. The number of carbonyl (C=O) groups is 1. The van der Waals surface area contributed by atoms with Crippen LogP contribution >= 0.6 is 0 Å². The van der Waals surface area contributed by atoms with Crippen molar-refractivity contribution in [3.8, 4) is 0 Å². The molecule has 3 rings (SSSR count). The topological polar surface area (TPSA) is 54.3 Å². The van der Waals surface area contributed by atoms with Crippen LogP contribution in [0.4, 0.5) is 4.39 Å². The lowest BCUT2D eigenvalue weighted by atomic mass is 10.2. The first-order valence-corrected chi connectivity index (χ1v) is 8.23. The number of aromatic nitrogens is 3. The molecule has 24 heavy (non-hydrogen) atoms. The maximum Gasteiger partial charge on any atom is 0.247 e. The summed E-state index contributed by atoms with van der Waals surface area (Å²) in [7, 11) is 0. The second kappa shape index (κ2) is 7.53. The summed E-state index contributed by atoms with van der Waals surface area (Å²) >= 11 is 0. The Balaban J connectivity index is 1.56. The van der Waals surface area contributed by atoms with Crippen LogP contribution < -0.4 is 0 Å². The second-order valence-corrected chi connectivity index (χ2v) is 6.13. The maximum absolute atomic E-state index is 13.0. The highest BCUT2D eigenvalue weighted by Gasteiger charge is 2.24. The predicted molar refractivity (Wildman–Crippen MR) is 87.6 cm³/mol. The van der Waals surface area contributed by atoms with E-state index < -0.39 is 0 Å². The van der Waals surface area contributed by atoms with Crippen LogP contribution in [0.5, 0.6) is 0 Å². The van der Waals surface area contributed by atoms with Gasteiger partial charge in [-0.3, -0.25) is 9.69 Å². The third-order valence-corrected chi connectivity index (χ3v) is 4.41. The monoisotopic (exact) mass is 331 g/mol. The molecule has 1 fully saturated rings. The average Bonchev–Trinajstić information content (AvgIpc) is 3.03. The molecule has 0 N–H and O–H groups in total. The number of nitrogens with zero attached hydrogens (tertiary/aromatic N) is 5. The van der Waals surface area contributed by atoms with Crippen molar-refractivity contribution in [2.24, 2.45) is 0 Å². The molecular weight excluding hydrogens is 309 g/mol.